The Balaban J connectivity index is 2.10. The van der Waals surface area contributed by atoms with E-state index in [0.717, 1.165) is 17.8 Å². The largest absolute Gasteiger partial charge is 0.363 e. The maximum absolute atomic E-state index is 11.4. The number of likely N-dealkylation sites (N-methyl/N-ethyl adjacent to an activating group) is 1. The van der Waals surface area contributed by atoms with E-state index >= 15 is 0 Å². The number of aromatic nitrogens is 2. The quantitative estimate of drug-likeness (QED) is 0.888. The molecular weight excluding hydrogens is 252 g/mol. The summed E-state index contributed by atoms with van der Waals surface area (Å²) in [6.45, 7) is 4.45. The van der Waals surface area contributed by atoms with Crippen molar-refractivity contribution in [3.05, 3.63) is 16.5 Å². The number of carbonyl (C=O) groups excluding carboxylic acids is 1. The van der Waals surface area contributed by atoms with E-state index in [1.807, 2.05) is 20.9 Å². The molecule has 18 heavy (non-hydrogen) atoms. The van der Waals surface area contributed by atoms with Crippen LogP contribution in [0, 0.1) is 13.8 Å². The second kappa shape index (κ2) is 5.10. The van der Waals surface area contributed by atoms with Crippen LogP contribution in [0.5, 0.6) is 0 Å². The number of piperidine rings is 1. The number of halogens is 1. The second-order valence-corrected chi connectivity index (χ2v) is 5.05. The van der Waals surface area contributed by atoms with E-state index in [1.54, 1.807) is 4.90 Å². The van der Waals surface area contributed by atoms with Crippen molar-refractivity contribution in [3.8, 4) is 0 Å². The van der Waals surface area contributed by atoms with Gasteiger partial charge in [0.1, 0.15) is 0 Å². The van der Waals surface area contributed by atoms with Gasteiger partial charge in [-0.1, -0.05) is 11.6 Å². The maximum Gasteiger partial charge on any atom is 0.222 e. The molecule has 0 aliphatic carbocycles. The van der Waals surface area contributed by atoms with Gasteiger partial charge < -0.3 is 10.2 Å². The number of rotatable bonds is 2. The molecule has 1 N–H and O–H groups in total. The van der Waals surface area contributed by atoms with Crippen LogP contribution in [-0.2, 0) is 4.79 Å². The molecule has 0 radical (unpaired) electrons. The number of amides is 1. The second-order valence-electron chi connectivity index (χ2n) is 4.69. The van der Waals surface area contributed by atoms with Gasteiger partial charge in [0.15, 0.2) is 11.0 Å². The molecule has 6 heteroatoms. The van der Waals surface area contributed by atoms with Gasteiger partial charge in [0.05, 0.1) is 11.4 Å². The topological polar surface area (TPSA) is 58.1 Å². The smallest absolute Gasteiger partial charge is 0.222 e. The lowest BCUT2D eigenvalue weighted by Crippen LogP contribution is -2.43. The number of likely N-dealkylation sites (tertiary alicyclic amines) is 1. The molecule has 0 saturated carbocycles. The fourth-order valence-corrected chi connectivity index (χ4v) is 2.21. The van der Waals surface area contributed by atoms with Gasteiger partial charge in [-0.15, -0.1) is 0 Å². The van der Waals surface area contributed by atoms with Crippen LogP contribution in [0.2, 0.25) is 5.15 Å². The highest BCUT2D eigenvalue weighted by Crippen LogP contribution is 2.21. The maximum atomic E-state index is 11.4. The van der Waals surface area contributed by atoms with E-state index in [9.17, 15) is 4.79 Å². The summed E-state index contributed by atoms with van der Waals surface area (Å²) in [4.78, 5) is 21.8. The molecule has 0 bridgehead atoms. The van der Waals surface area contributed by atoms with Gasteiger partial charge in [-0.05, 0) is 20.3 Å². The van der Waals surface area contributed by atoms with Crippen molar-refractivity contribution in [1.29, 1.82) is 0 Å². The normalized spacial score (nSPS) is 20.1. The molecule has 1 aliphatic heterocycles. The van der Waals surface area contributed by atoms with Gasteiger partial charge in [-0.25, -0.2) is 9.97 Å². The van der Waals surface area contributed by atoms with Gasteiger partial charge in [0.2, 0.25) is 5.91 Å². The summed E-state index contributed by atoms with van der Waals surface area (Å²) in [5.74, 6) is 0.790. The van der Waals surface area contributed by atoms with Crippen molar-refractivity contribution in [1.82, 2.24) is 14.9 Å². The van der Waals surface area contributed by atoms with Crippen molar-refractivity contribution in [2.45, 2.75) is 32.7 Å². The SMILES string of the molecule is Cc1nc(Cl)c(NC2CCC(=O)N(C)C2)nc1C. The highest BCUT2D eigenvalue weighted by atomic mass is 35.5. The summed E-state index contributed by atoms with van der Waals surface area (Å²) in [7, 11) is 1.81. The lowest BCUT2D eigenvalue weighted by Gasteiger charge is -2.30. The van der Waals surface area contributed by atoms with Gasteiger partial charge in [-0.3, -0.25) is 4.79 Å². The monoisotopic (exact) mass is 268 g/mol. The van der Waals surface area contributed by atoms with Crippen molar-refractivity contribution in [2.24, 2.45) is 0 Å². The Labute approximate surface area is 112 Å². The molecule has 0 aromatic carbocycles. The predicted molar refractivity (Wildman–Crippen MR) is 70.8 cm³/mol. The van der Waals surface area contributed by atoms with E-state index in [-0.39, 0.29) is 11.9 Å². The zero-order valence-corrected chi connectivity index (χ0v) is 11.6. The Hall–Kier alpha value is -1.36. The third-order valence-electron chi connectivity index (χ3n) is 3.23. The zero-order valence-electron chi connectivity index (χ0n) is 10.8. The zero-order chi connectivity index (χ0) is 13.3. The first-order chi connectivity index (χ1) is 8.47. The fraction of sp³-hybridized carbons (Fsp3) is 0.583. The molecule has 1 saturated heterocycles. The molecule has 1 aromatic heterocycles. The van der Waals surface area contributed by atoms with E-state index in [0.29, 0.717) is 23.9 Å². The van der Waals surface area contributed by atoms with E-state index in [1.165, 1.54) is 0 Å². The van der Waals surface area contributed by atoms with Gasteiger partial charge >= 0.3 is 0 Å². The van der Waals surface area contributed by atoms with Gasteiger partial charge in [-0.2, -0.15) is 0 Å². The number of hydrogen-bond acceptors (Lipinski definition) is 4. The molecular formula is C12H17ClN4O. The lowest BCUT2D eigenvalue weighted by atomic mass is 10.1. The van der Waals surface area contributed by atoms with Crippen LogP contribution >= 0.6 is 11.6 Å². The summed E-state index contributed by atoms with van der Waals surface area (Å²) in [6, 6.07) is 0.182. The van der Waals surface area contributed by atoms with Gasteiger partial charge in [0.25, 0.3) is 0 Å². The van der Waals surface area contributed by atoms with E-state index in [4.69, 9.17) is 11.6 Å². The Morgan fingerprint density at radius 2 is 2.00 bits per heavy atom. The number of anilines is 1. The summed E-state index contributed by atoms with van der Waals surface area (Å²) < 4.78 is 0. The van der Waals surface area contributed by atoms with Crippen molar-refractivity contribution in [2.75, 3.05) is 18.9 Å². The van der Waals surface area contributed by atoms with Crippen LogP contribution in [0.15, 0.2) is 0 Å². The number of aryl methyl sites for hydroxylation is 2. The molecule has 5 nitrogen and oxygen atoms in total. The molecule has 98 valence electrons. The highest BCUT2D eigenvalue weighted by Gasteiger charge is 2.23. The van der Waals surface area contributed by atoms with Crippen molar-refractivity contribution >= 4 is 23.3 Å². The molecule has 1 atom stereocenters. The third kappa shape index (κ3) is 2.72. The minimum absolute atomic E-state index is 0.182. The first-order valence-electron chi connectivity index (χ1n) is 5.98. The molecule has 1 unspecified atom stereocenters. The molecule has 0 spiro atoms. The summed E-state index contributed by atoms with van der Waals surface area (Å²) >= 11 is 6.07. The Bertz CT molecular complexity index is 477. The summed E-state index contributed by atoms with van der Waals surface area (Å²) in [5, 5.41) is 3.66. The van der Waals surface area contributed by atoms with Crippen LogP contribution < -0.4 is 5.32 Å². The highest BCUT2D eigenvalue weighted by molar-refractivity contribution is 6.31. The third-order valence-corrected chi connectivity index (χ3v) is 3.50. The Morgan fingerprint density at radius 3 is 2.67 bits per heavy atom. The number of hydrogen-bond donors (Lipinski definition) is 1. The van der Waals surface area contributed by atoms with Crippen LogP contribution in [0.3, 0.4) is 0 Å². The number of nitrogens with one attached hydrogen (secondary N) is 1. The minimum Gasteiger partial charge on any atom is -0.363 e. The molecule has 1 fully saturated rings. The Morgan fingerprint density at radius 1 is 1.33 bits per heavy atom. The first kappa shape index (κ1) is 13.1. The predicted octanol–water partition coefficient (Wildman–Crippen LogP) is 1.78. The molecule has 1 aliphatic rings. The standard InChI is InChI=1S/C12H17ClN4O/c1-7-8(2)15-12(11(13)14-7)16-9-4-5-10(18)17(3)6-9/h9H,4-6H2,1-3H3,(H,15,16). The summed E-state index contributed by atoms with van der Waals surface area (Å²) in [6.07, 6.45) is 1.36. The average Bonchev–Trinajstić information content (AvgIpc) is 2.31. The van der Waals surface area contributed by atoms with Crippen LogP contribution in [0.1, 0.15) is 24.2 Å². The van der Waals surface area contributed by atoms with Gasteiger partial charge in [0, 0.05) is 26.1 Å². The van der Waals surface area contributed by atoms with E-state index in [2.05, 4.69) is 15.3 Å². The fourth-order valence-electron chi connectivity index (χ4n) is 1.99. The minimum atomic E-state index is 0.182. The van der Waals surface area contributed by atoms with Crippen LogP contribution in [-0.4, -0.2) is 40.4 Å². The van der Waals surface area contributed by atoms with Crippen molar-refractivity contribution in [3.63, 3.8) is 0 Å². The van der Waals surface area contributed by atoms with E-state index < -0.39 is 0 Å². The van der Waals surface area contributed by atoms with Crippen LogP contribution in [0.25, 0.3) is 0 Å². The van der Waals surface area contributed by atoms with Crippen molar-refractivity contribution < 1.29 is 4.79 Å². The molecule has 1 amide bonds. The summed E-state index contributed by atoms with van der Waals surface area (Å²) in [5.41, 5.74) is 1.70. The average molecular weight is 269 g/mol. The van der Waals surface area contributed by atoms with Crippen LogP contribution in [0.4, 0.5) is 5.82 Å². The molecule has 1 aromatic rings. The molecule has 2 rings (SSSR count). The number of carbonyl (C=O) groups is 1. The number of nitrogens with zero attached hydrogens (tertiary/aromatic N) is 3. The molecule has 2 heterocycles. The lowest BCUT2D eigenvalue weighted by molar-refractivity contribution is -0.132. The Kier molecular flexibility index (Phi) is 3.71. The first-order valence-corrected chi connectivity index (χ1v) is 6.36.